The highest BCUT2D eigenvalue weighted by Crippen LogP contribution is 2.42. The Balaban J connectivity index is 2.27. The van der Waals surface area contributed by atoms with Crippen molar-refractivity contribution < 1.29 is 13.2 Å². The average molecular weight is 202 g/mol. The van der Waals surface area contributed by atoms with Crippen LogP contribution in [0.3, 0.4) is 0 Å². The highest BCUT2D eigenvalue weighted by molar-refractivity contribution is 5.28. The molecule has 1 aromatic heterocycles. The molecule has 1 heterocycles. The molecule has 2 N–H and O–H groups in total. The molecule has 5 heteroatoms. The van der Waals surface area contributed by atoms with Crippen LogP contribution < -0.4 is 5.73 Å². The molecule has 0 bridgehead atoms. The molecule has 0 unspecified atom stereocenters. The van der Waals surface area contributed by atoms with Gasteiger partial charge in [-0.1, -0.05) is 6.07 Å². The molecule has 1 aliphatic carbocycles. The van der Waals surface area contributed by atoms with Gasteiger partial charge < -0.3 is 5.73 Å². The molecular formula is C9H9F3N2. The summed E-state index contributed by atoms with van der Waals surface area (Å²) in [4.78, 5) is 3.35. The van der Waals surface area contributed by atoms with Crippen LogP contribution in [0.5, 0.6) is 0 Å². The zero-order chi connectivity index (χ0) is 10.4. The molecule has 14 heavy (non-hydrogen) atoms. The van der Waals surface area contributed by atoms with E-state index in [-0.39, 0.29) is 0 Å². The lowest BCUT2D eigenvalue weighted by Gasteiger charge is -2.10. The first-order valence-electron chi connectivity index (χ1n) is 4.24. The Morgan fingerprint density at radius 1 is 1.29 bits per heavy atom. The predicted molar refractivity (Wildman–Crippen MR) is 44.3 cm³/mol. The number of pyridine rings is 1. The summed E-state index contributed by atoms with van der Waals surface area (Å²) in [6.45, 7) is 0. The second-order valence-electron chi connectivity index (χ2n) is 3.59. The summed E-state index contributed by atoms with van der Waals surface area (Å²) in [7, 11) is 0. The van der Waals surface area contributed by atoms with E-state index in [2.05, 4.69) is 4.98 Å². The predicted octanol–water partition coefficient (Wildman–Crippen LogP) is 2.05. The van der Waals surface area contributed by atoms with Crippen molar-refractivity contribution >= 4 is 0 Å². The lowest BCUT2D eigenvalue weighted by atomic mass is 10.1. The standard InChI is InChI=1S/C9H9F3N2/c10-9(11,12)7-2-1-6(5-14-7)8(13)3-4-8/h1-2,5H,3-4,13H2. The van der Waals surface area contributed by atoms with Gasteiger partial charge in [0, 0.05) is 11.7 Å². The second kappa shape index (κ2) is 2.70. The van der Waals surface area contributed by atoms with Gasteiger partial charge in [0.25, 0.3) is 0 Å². The van der Waals surface area contributed by atoms with Gasteiger partial charge >= 0.3 is 6.18 Å². The maximum atomic E-state index is 12.1. The zero-order valence-corrected chi connectivity index (χ0v) is 7.30. The number of nitrogens with two attached hydrogens (primary N) is 1. The SMILES string of the molecule is NC1(c2ccc(C(F)(F)F)nc2)CC1. The Morgan fingerprint density at radius 3 is 2.29 bits per heavy atom. The number of hydrogen-bond acceptors (Lipinski definition) is 2. The van der Waals surface area contributed by atoms with Gasteiger partial charge in [-0.15, -0.1) is 0 Å². The van der Waals surface area contributed by atoms with Crippen LogP contribution in [0.25, 0.3) is 0 Å². The molecule has 0 amide bonds. The van der Waals surface area contributed by atoms with Crippen molar-refractivity contribution in [2.45, 2.75) is 24.6 Å². The number of rotatable bonds is 1. The van der Waals surface area contributed by atoms with Crippen molar-refractivity contribution in [2.75, 3.05) is 0 Å². The fraction of sp³-hybridized carbons (Fsp3) is 0.444. The van der Waals surface area contributed by atoms with E-state index in [0.29, 0.717) is 5.56 Å². The van der Waals surface area contributed by atoms with E-state index in [1.54, 1.807) is 0 Å². The molecule has 1 fully saturated rings. The van der Waals surface area contributed by atoms with Crippen LogP contribution in [0.2, 0.25) is 0 Å². The van der Waals surface area contributed by atoms with Gasteiger partial charge in [0.15, 0.2) is 0 Å². The number of alkyl halides is 3. The van der Waals surface area contributed by atoms with Gasteiger partial charge in [-0.2, -0.15) is 13.2 Å². The molecule has 0 aromatic carbocycles. The molecule has 1 aromatic rings. The van der Waals surface area contributed by atoms with Crippen LogP contribution in [0.4, 0.5) is 13.2 Å². The zero-order valence-electron chi connectivity index (χ0n) is 7.30. The van der Waals surface area contributed by atoms with E-state index >= 15 is 0 Å². The highest BCUT2D eigenvalue weighted by atomic mass is 19.4. The number of aromatic nitrogens is 1. The summed E-state index contributed by atoms with van der Waals surface area (Å²) >= 11 is 0. The van der Waals surface area contributed by atoms with E-state index in [0.717, 1.165) is 18.9 Å². The smallest absolute Gasteiger partial charge is 0.321 e. The summed E-state index contributed by atoms with van der Waals surface area (Å²) < 4.78 is 36.4. The van der Waals surface area contributed by atoms with Gasteiger partial charge in [-0.25, -0.2) is 0 Å². The molecule has 2 nitrogen and oxygen atoms in total. The van der Waals surface area contributed by atoms with Crippen LogP contribution >= 0.6 is 0 Å². The van der Waals surface area contributed by atoms with Crippen LogP contribution in [0.15, 0.2) is 18.3 Å². The topological polar surface area (TPSA) is 38.9 Å². The van der Waals surface area contributed by atoms with E-state index in [1.807, 2.05) is 0 Å². The molecule has 0 spiro atoms. The van der Waals surface area contributed by atoms with Crippen molar-refractivity contribution in [3.63, 3.8) is 0 Å². The van der Waals surface area contributed by atoms with E-state index in [9.17, 15) is 13.2 Å². The molecule has 0 atom stereocenters. The Labute approximate surface area is 78.9 Å². The molecule has 76 valence electrons. The Bertz CT molecular complexity index is 314. The van der Waals surface area contributed by atoms with Crippen LogP contribution in [0, 0.1) is 0 Å². The third kappa shape index (κ3) is 1.59. The maximum absolute atomic E-state index is 12.1. The lowest BCUT2D eigenvalue weighted by molar-refractivity contribution is -0.141. The summed E-state index contributed by atoms with van der Waals surface area (Å²) in [5.41, 5.74) is 5.20. The van der Waals surface area contributed by atoms with Crippen molar-refractivity contribution in [3.05, 3.63) is 29.6 Å². The van der Waals surface area contributed by atoms with Crippen molar-refractivity contribution in [3.8, 4) is 0 Å². The van der Waals surface area contributed by atoms with E-state index in [4.69, 9.17) is 5.73 Å². The third-order valence-corrected chi connectivity index (χ3v) is 2.42. The molecule has 0 radical (unpaired) electrons. The highest BCUT2D eigenvalue weighted by Gasteiger charge is 2.41. The van der Waals surface area contributed by atoms with E-state index < -0.39 is 17.4 Å². The van der Waals surface area contributed by atoms with Gasteiger partial charge in [0.05, 0.1) is 0 Å². The fourth-order valence-electron chi connectivity index (χ4n) is 1.28. The first kappa shape index (κ1) is 9.45. The largest absolute Gasteiger partial charge is 0.433 e. The second-order valence-corrected chi connectivity index (χ2v) is 3.59. The van der Waals surface area contributed by atoms with Crippen LogP contribution in [0.1, 0.15) is 24.1 Å². The van der Waals surface area contributed by atoms with E-state index in [1.165, 1.54) is 12.3 Å². The fourth-order valence-corrected chi connectivity index (χ4v) is 1.28. The minimum Gasteiger partial charge on any atom is -0.321 e. The van der Waals surface area contributed by atoms with Crippen molar-refractivity contribution in [1.82, 2.24) is 4.98 Å². The van der Waals surface area contributed by atoms with Crippen molar-refractivity contribution in [2.24, 2.45) is 5.73 Å². The lowest BCUT2D eigenvalue weighted by Crippen LogP contribution is -2.19. The number of nitrogens with zero attached hydrogens (tertiary/aromatic N) is 1. The quantitative estimate of drug-likeness (QED) is 0.756. The third-order valence-electron chi connectivity index (χ3n) is 2.42. The Hall–Kier alpha value is -1.10. The molecule has 2 rings (SSSR count). The minimum atomic E-state index is -4.37. The number of hydrogen-bond donors (Lipinski definition) is 1. The maximum Gasteiger partial charge on any atom is 0.433 e. The summed E-state index contributed by atoms with van der Waals surface area (Å²) in [5.74, 6) is 0. The molecule has 1 aliphatic rings. The summed E-state index contributed by atoms with van der Waals surface area (Å²) in [6, 6.07) is 2.38. The molecule has 1 saturated carbocycles. The van der Waals surface area contributed by atoms with Gasteiger partial charge in [-0.3, -0.25) is 4.98 Å². The monoisotopic (exact) mass is 202 g/mol. The molecule has 0 saturated heterocycles. The number of halogens is 3. The first-order valence-corrected chi connectivity index (χ1v) is 4.24. The van der Waals surface area contributed by atoms with Gasteiger partial charge in [0.1, 0.15) is 5.69 Å². The minimum absolute atomic E-state index is 0.420. The van der Waals surface area contributed by atoms with Gasteiger partial charge in [0.2, 0.25) is 0 Å². The van der Waals surface area contributed by atoms with Crippen LogP contribution in [-0.2, 0) is 11.7 Å². The van der Waals surface area contributed by atoms with Crippen molar-refractivity contribution in [1.29, 1.82) is 0 Å². The first-order chi connectivity index (χ1) is 6.42. The normalized spacial score (nSPS) is 19.4. The Morgan fingerprint density at radius 2 is 1.93 bits per heavy atom. The summed E-state index contributed by atoms with van der Waals surface area (Å²) in [6.07, 6.45) is -1.51. The summed E-state index contributed by atoms with van der Waals surface area (Å²) in [5, 5.41) is 0. The Kier molecular flexibility index (Phi) is 1.82. The van der Waals surface area contributed by atoms with Crippen LogP contribution in [-0.4, -0.2) is 4.98 Å². The average Bonchev–Trinajstić information content (AvgIpc) is 2.84. The molecule has 0 aliphatic heterocycles. The van der Waals surface area contributed by atoms with Gasteiger partial charge in [-0.05, 0) is 24.5 Å². The molecular weight excluding hydrogens is 193 g/mol.